The predicted molar refractivity (Wildman–Crippen MR) is 145 cm³/mol. The number of aliphatic hydroxyl groups excluding tert-OH is 1. The SMILES string of the molecule is O=C(c1cccc(Cl)c1-n1cnc(Cn2nc(-c3ccc(Cl)cc3)n(CC(O)C(F)(F)F)c2=O)n1)N1CCC[C@H]1C(F)(F)F. The van der Waals surface area contributed by atoms with Gasteiger partial charge < -0.3 is 10.0 Å². The van der Waals surface area contributed by atoms with Crippen LogP contribution in [0.2, 0.25) is 10.0 Å². The molecule has 1 aliphatic rings. The molecule has 5 rings (SSSR count). The molecule has 1 N–H and O–H groups in total. The molecule has 1 amide bonds. The van der Waals surface area contributed by atoms with Gasteiger partial charge in [-0.15, -0.1) is 10.2 Å². The lowest BCUT2D eigenvalue weighted by atomic mass is 10.1. The zero-order valence-electron chi connectivity index (χ0n) is 22.2. The molecule has 10 nitrogen and oxygen atoms in total. The number of aliphatic hydroxyl groups is 1. The highest BCUT2D eigenvalue weighted by Gasteiger charge is 2.48. The number of carbonyl (C=O) groups excluding carboxylic acids is 1. The van der Waals surface area contributed by atoms with E-state index in [0.29, 0.717) is 9.59 Å². The third-order valence-electron chi connectivity index (χ3n) is 6.93. The van der Waals surface area contributed by atoms with Crippen molar-refractivity contribution in [2.24, 2.45) is 0 Å². The van der Waals surface area contributed by atoms with Crippen LogP contribution in [0, 0.1) is 0 Å². The van der Waals surface area contributed by atoms with Gasteiger partial charge in [0.05, 0.1) is 22.8 Å². The van der Waals surface area contributed by atoms with Gasteiger partial charge in [0.15, 0.2) is 17.8 Å². The summed E-state index contributed by atoms with van der Waals surface area (Å²) in [6.45, 7) is -1.72. The first-order valence-electron chi connectivity index (χ1n) is 12.9. The van der Waals surface area contributed by atoms with Gasteiger partial charge in [0.2, 0.25) is 0 Å². The van der Waals surface area contributed by atoms with Gasteiger partial charge in [-0.05, 0) is 49.2 Å². The Balaban J connectivity index is 1.48. The number of amides is 1. The lowest BCUT2D eigenvalue weighted by Gasteiger charge is -2.27. The lowest BCUT2D eigenvalue weighted by Crippen LogP contribution is -2.44. The van der Waals surface area contributed by atoms with Gasteiger partial charge in [-0.3, -0.25) is 9.36 Å². The van der Waals surface area contributed by atoms with E-state index in [-0.39, 0.29) is 52.9 Å². The van der Waals surface area contributed by atoms with Gasteiger partial charge in [0.25, 0.3) is 5.91 Å². The number of aromatic nitrogens is 6. The van der Waals surface area contributed by atoms with Crippen LogP contribution in [0.15, 0.2) is 53.6 Å². The molecule has 2 aromatic heterocycles. The van der Waals surface area contributed by atoms with Gasteiger partial charge in [-0.2, -0.15) is 26.3 Å². The number of nitrogens with zero attached hydrogens (tertiary/aromatic N) is 7. The van der Waals surface area contributed by atoms with Crippen LogP contribution in [0.25, 0.3) is 17.1 Å². The minimum absolute atomic E-state index is 0.0253. The highest BCUT2D eigenvalue weighted by molar-refractivity contribution is 6.33. The molecule has 18 heteroatoms. The van der Waals surface area contributed by atoms with E-state index in [4.69, 9.17) is 23.2 Å². The minimum atomic E-state index is -5.02. The van der Waals surface area contributed by atoms with Gasteiger partial charge >= 0.3 is 18.0 Å². The normalized spacial score (nSPS) is 16.5. The van der Waals surface area contributed by atoms with E-state index in [1.807, 2.05) is 0 Å². The number of hydrogen-bond donors (Lipinski definition) is 1. The summed E-state index contributed by atoms with van der Waals surface area (Å²) in [5.41, 5.74) is -1.01. The molecule has 1 fully saturated rings. The topological polar surface area (TPSA) is 111 Å². The summed E-state index contributed by atoms with van der Waals surface area (Å²) in [6, 6.07) is 7.88. The van der Waals surface area contributed by atoms with Crippen LogP contribution in [0.4, 0.5) is 26.3 Å². The zero-order chi connectivity index (χ0) is 32.0. The fourth-order valence-corrected chi connectivity index (χ4v) is 5.22. The second-order valence-electron chi connectivity index (χ2n) is 9.88. The predicted octanol–water partition coefficient (Wildman–Crippen LogP) is 4.74. The third-order valence-corrected chi connectivity index (χ3v) is 7.48. The Morgan fingerprint density at radius 1 is 1.05 bits per heavy atom. The summed E-state index contributed by atoms with van der Waals surface area (Å²) in [4.78, 5) is 31.3. The Bertz CT molecular complexity index is 1730. The number of likely N-dealkylation sites (tertiary alicyclic amines) is 1. The number of benzene rings is 2. The summed E-state index contributed by atoms with van der Waals surface area (Å²) in [6.07, 6.45) is -11.5. The molecule has 0 saturated carbocycles. The Labute approximate surface area is 254 Å². The van der Waals surface area contributed by atoms with Crippen LogP contribution < -0.4 is 5.69 Å². The average Bonchev–Trinajstić information content (AvgIpc) is 3.69. The van der Waals surface area contributed by atoms with E-state index in [9.17, 15) is 41.0 Å². The Morgan fingerprint density at radius 3 is 2.41 bits per heavy atom. The summed E-state index contributed by atoms with van der Waals surface area (Å²) in [7, 11) is 0. The van der Waals surface area contributed by atoms with Crippen molar-refractivity contribution in [1.29, 1.82) is 0 Å². The molecule has 1 saturated heterocycles. The maximum atomic E-state index is 13.6. The van der Waals surface area contributed by atoms with Crippen LogP contribution in [0.3, 0.4) is 0 Å². The second kappa shape index (κ2) is 11.9. The quantitative estimate of drug-likeness (QED) is 0.286. The molecule has 44 heavy (non-hydrogen) atoms. The van der Waals surface area contributed by atoms with Crippen molar-refractivity contribution in [1.82, 2.24) is 34.0 Å². The van der Waals surface area contributed by atoms with Gasteiger partial charge in [-0.25, -0.2) is 19.1 Å². The molecule has 4 aromatic rings. The monoisotopic (exact) mass is 663 g/mol. The van der Waals surface area contributed by atoms with Crippen molar-refractivity contribution in [3.05, 3.63) is 80.7 Å². The van der Waals surface area contributed by atoms with E-state index in [1.54, 1.807) is 0 Å². The molecule has 234 valence electrons. The molecule has 0 aliphatic carbocycles. The Hall–Kier alpha value is -3.89. The number of hydrogen-bond acceptors (Lipinski definition) is 6. The fraction of sp³-hybridized carbons (Fsp3) is 0.346. The van der Waals surface area contributed by atoms with Crippen LogP contribution >= 0.6 is 23.2 Å². The van der Waals surface area contributed by atoms with Crippen molar-refractivity contribution in [3.8, 4) is 17.1 Å². The molecule has 3 heterocycles. The Kier molecular flexibility index (Phi) is 8.52. The fourth-order valence-electron chi connectivity index (χ4n) is 4.83. The largest absolute Gasteiger partial charge is 0.416 e. The smallest absolute Gasteiger partial charge is 0.382 e. The van der Waals surface area contributed by atoms with E-state index in [2.05, 4.69) is 15.2 Å². The first-order valence-corrected chi connectivity index (χ1v) is 13.7. The molecule has 0 bridgehead atoms. The molecule has 0 radical (unpaired) electrons. The summed E-state index contributed by atoms with van der Waals surface area (Å²) in [5, 5.41) is 18.3. The summed E-state index contributed by atoms with van der Waals surface area (Å²) in [5.74, 6) is -1.20. The van der Waals surface area contributed by atoms with Crippen molar-refractivity contribution in [3.63, 3.8) is 0 Å². The van der Waals surface area contributed by atoms with Gasteiger partial charge in [0, 0.05) is 17.1 Å². The van der Waals surface area contributed by atoms with E-state index in [0.717, 1.165) is 20.6 Å². The summed E-state index contributed by atoms with van der Waals surface area (Å²) < 4.78 is 82.6. The van der Waals surface area contributed by atoms with Crippen LogP contribution in [-0.2, 0) is 13.1 Å². The first kappa shape index (κ1) is 31.5. The molecular weight excluding hydrogens is 643 g/mol. The first-order chi connectivity index (χ1) is 20.6. The van der Waals surface area contributed by atoms with E-state index >= 15 is 0 Å². The van der Waals surface area contributed by atoms with E-state index in [1.165, 1.54) is 42.5 Å². The standard InChI is InChI=1S/C26H21Cl2F6N7O3/c27-15-8-6-14(7-9-15)22-37-40(24(44)39(22)11-19(42)26(32,33)34)12-20-35-13-41(36-20)21-16(3-1-4-17(21)28)23(43)38-10-2-5-18(38)25(29,30)31/h1,3-4,6-9,13,18-19,42H,2,5,10-12H2/t18-,19?/m0/s1. The summed E-state index contributed by atoms with van der Waals surface area (Å²) >= 11 is 12.2. The Morgan fingerprint density at radius 2 is 1.75 bits per heavy atom. The second-order valence-corrected chi connectivity index (χ2v) is 10.7. The average molecular weight is 664 g/mol. The molecule has 2 aromatic carbocycles. The maximum absolute atomic E-state index is 13.6. The highest BCUT2D eigenvalue weighted by atomic mass is 35.5. The van der Waals surface area contributed by atoms with Gasteiger partial charge in [0.1, 0.15) is 18.9 Å². The van der Waals surface area contributed by atoms with Crippen LogP contribution in [-0.4, -0.2) is 76.1 Å². The molecule has 1 unspecified atom stereocenters. The maximum Gasteiger partial charge on any atom is 0.416 e. The molecule has 1 aliphatic heterocycles. The lowest BCUT2D eigenvalue weighted by molar-refractivity contribution is -0.207. The minimum Gasteiger partial charge on any atom is -0.382 e. The molecular formula is C26H21Cl2F6N7O3. The van der Waals surface area contributed by atoms with Crippen molar-refractivity contribution < 1.29 is 36.2 Å². The number of carbonyl (C=O) groups is 1. The van der Waals surface area contributed by atoms with Crippen LogP contribution in [0.1, 0.15) is 29.0 Å². The third kappa shape index (κ3) is 6.32. The highest BCUT2D eigenvalue weighted by Crippen LogP contribution is 2.35. The number of para-hydroxylation sites is 1. The number of alkyl halides is 6. The van der Waals surface area contributed by atoms with Gasteiger partial charge in [-0.1, -0.05) is 29.3 Å². The molecule has 0 spiro atoms. The van der Waals surface area contributed by atoms with Crippen molar-refractivity contribution in [2.75, 3.05) is 6.54 Å². The number of rotatable bonds is 7. The number of halogens is 8. The van der Waals surface area contributed by atoms with Crippen molar-refractivity contribution in [2.45, 2.75) is 50.4 Å². The molecule has 2 atom stereocenters. The van der Waals surface area contributed by atoms with E-state index < -0.39 is 49.2 Å². The van der Waals surface area contributed by atoms with Crippen molar-refractivity contribution >= 4 is 29.1 Å². The zero-order valence-corrected chi connectivity index (χ0v) is 23.7. The van der Waals surface area contributed by atoms with Crippen LogP contribution in [0.5, 0.6) is 0 Å².